The number of hydrogen-bond donors (Lipinski definition) is 1. The van der Waals surface area contributed by atoms with Crippen molar-refractivity contribution in [2.24, 2.45) is 0 Å². The molecule has 20 heavy (non-hydrogen) atoms. The van der Waals surface area contributed by atoms with Crippen molar-refractivity contribution < 1.29 is 14.3 Å². The van der Waals surface area contributed by atoms with Crippen LogP contribution in [0.5, 0.6) is 5.75 Å². The van der Waals surface area contributed by atoms with E-state index in [4.69, 9.17) is 14.3 Å². The molecule has 1 atom stereocenters. The van der Waals surface area contributed by atoms with Crippen molar-refractivity contribution in [3.05, 3.63) is 53.5 Å². The Balaban J connectivity index is 2.05. The minimum Gasteiger partial charge on any atom is -0.497 e. The zero-order valence-electron chi connectivity index (χ0n) is 12.2. The van der Waals surface area contributed by atoms with Gasteiger partial charge in [0.05, 0.1) is 13.7 Å². The van der Waals surface area contributed by atoms with Gasteiger partial charge in [-0.2, -0.15) is 0 Å². The van der Waals surface area contributed by atoms with Gasteiger partial charge in [-0.3, -0.25) is 4.90 Å². The predicted octanol–water partition coefficient (Wildman–Crippen LogP) is 2.97. The van der Waals surface area contributed by atoms with Gasteiger partial charge >= 0.3 is 0 Å². The van der Waals surface area contributed by atoms with Crippen LogP contribution in [0, 0.1) is 0 Å². The second-order valence-corrected chi connectivity index (χ2v) is 4.89. The Labute approximate surface area is 119 Å². The van der Waals surface area contributed by atoms with Gasteiger partial charge in [0.15, 0.2) is 0 Å². The summed E-state index contributed by atoms with van der Waals surface area (Å²) in [6.45, 7) is 2.78. The molecule has 1 N–H and O–H groups in total. The third kappa shape index (κ3) is 3.40. The molecule has 0 radical (unpaired) electrons. The molecule has 4 nitrogen and oxygen atoms in total. The summed E-state index contributed by atoms with van der Waals surface area (Å²) in [5.74, 6) is 2.32. The Bertz CT molecular complexity index is 550. The van der Waals surface area contributed by atoms with E-state index >= 15 is 0 Å². The summed E-state index contributed by atoms with van der Waals surface area (Å²) in [7, 11) is 3.72. The minimum absolute atomic E-state index is 0.0604. The van der Waals surface area contributed by atoms with Crippen molar-refractivity contribution in [3.8, 4) is 5.75 Å². The molecular formula is C16H21NO3. The number of benzene rings is 1. The maximum Gasteiger partial charge on any atom is 0.129 e. The topological polar surface area (TPSA) is 45.8 Å². The van der Waals surface area contributed by atoms with Crippen LogP contribution in [0.15, 0.2) is 40.8 Å². The van der Waals surface area contributed by atoms with Gasteiger partial charge < -0.3 is 14.3 Å². The van der Waals surface area contributed by atoms with Gasteiger partial charge in [0.2, 0.25) is 0 Å². The SMILES string of the molecule is COc1cccc(C(C)N(C)Cc2ccc(CO)o2)c1. The van der Waals surface area contributed by atoms with Gasteiger partial charge in [0.1, 0.15) is 23.9 Å². The fraction of sp³-hybridized carbons (Fsp3) is 0.375. The first-order chi connectivity index (χ1) is 9.63. The van der Waals surface area contributed by atoms with Gasteiger partial charge in [0.25, 0.3) is 0 Å². The molecule has 0 amide bonds. The van der Waals surface area contributed by atoms with Crippen LogP contribution in [-0.2, 0) is 13.2 Å². The van der Waals surface area contributed by atoms with Crippen molar-refractivity contribution in [1.29, 1.82) is 0 Å². The average molecular weight is 275 g/mol. The number of methoxy groups -OCH3 is 1. The second-order valence-electron chi connectivity index (χ2n) is 4.89. The number of hydrogen-bond acceptors (Lipinski definition) is 4. The highest BCUT2D eigenvalue weighted by molar-refractivity contribution is 5.30. The highest BCUT2D eigenvalue weighted by Gasteiger charge is 2.14. The molecule has 0 saturated heterocycles. The molecule has 0 spiro atoms. The molecule has 0 saturated carbocycles. The molecule has 2 rings (SSSR count). The van der Waals surface area contributed by atoms with Crippen LogP contribution in [0.4, 0.5) is 0 Å². The predicted molar refractivity (Wildman–Crippen MR) is 77.5 cm³/mol. The molecule has 4 heteroatoms. The molecule has 1 aromatic heterocycles. The Kier molecular flexibility index (Phi) is 4.82. The molecule has 0 fully saturated rings. The maximum atomic E-state index is 9.01. The quantitative estimate of drug-likeness (QED) is 0.880. The van der Waals surface area contributed by atoms with Crippen molar-refractivity contribution in [2.75, 3.05) is 14.2 Å². The van der Waals surface area contributed by atoms with Crippen LogP contribution in [0.2, 0.25) is 0 Å². The summed E-state index contributed by atoms with van der Waals surface area (Å²) in [4.78, 5) is 2.19. The van der Waals surface area contributed by atoms with Crippen molar-refractivity contribution in [1.82, 2.24) is 4.90 Å². The largest absolute Gasteiger partial charge is 0.497 e. The lowest BCUT2D eigenvalue weighted by atomic mass is 10.1. The van der Waals surface area contributed by atoms with Gasteiger partial charge in [-0.05, 0) is 43.8 Å². The van der Waals surface area contributed by atoms with Gasteiger partial charge in [-0.25, -0.2) is 0 Å². The second kappa shape index (κ2) is 6.59. The van der Waals surface area contributed by atoms with Crippen LogP contribution < -0.4 is 4.74 Å². The van der Waals surface area contributed by atoms with Crippen LogP contribution in [0.3, 0.4) is 0 Å². The molecule has 0 aliphatic carbocycles. The summed E-state index contributed by atoms with van der Waals surface area (Å²) in [5, 5.41) is 9.01. The molecule has 108 valence electrons. The lowest BCUT2D eigenvalue weighted by Gasteiger charge is -2.24. The highest BCUT2D eigenvalue weighted by atomic mass is 16.5. The first kappa shape index (κ1) is 14.6. The van der Waals surface area contributed by atoms with E-state index in [1.54, 1.807) is 13.2 Å². The average Bonchev–Trinajstić information content (AvgIpc) is 2.94. The van der Waals surface area contributed by atoms with E-state index in [2.05, 4.69) is 17.9 Å². The smallest absolute Gasteiger partial charge is 0.129 e. The Morgan fingerprint density at radius 1 is 1.25 bits per heavy atom. The van der Waals surface area contributed by atoms with Crippen molar-refractivity contribution in [3.63, 3.8) is 0 Å². The molecule has 1 heterocycles. The summed E-state index contributed by atoms with van der Waals surface area (Å²) >= 11 is 0. The van der Waals surface area contributed by atoms with Crippen molar-refractivity contribution in [2.45, 2.75) is 26.1 Å². The lowest BCUT2D eigenvalue weighted by Crippen LogP contribution is -2.21. The van der Waals surface area contributed by atoms with Gasteiger partial charge in [0, 0.05) is 6.04 Å². The Hall–Kier alpha value is -1.78. The molecular weight excluding hydrogens is 254 g/mol. The molecule has 0 aliphatic rings. The summed E-state index contributed by atoms with van der Waals surface area (Å²) in [5.41, 5.74) is 1.20. The third-order valence-corrected chi connectivity index (χ3v) is 3.52. The standard InChI is InChI=1S/C16H21NO3/c1-12(13-5-4-6-14(9-13)19-3)17(2)10-15-7-8-16(11-18)20-15/h4-9,12,18H,10-11H2,1-3H3. The van der Waals surface area contributed by atoms with E-state index in [0.717, 1.165) is 11.5 Å². The third-order valence-electron chi connectivity index (χ3n) is 3.52. The van der Waals surface area contributed by atoms with E-state index in [9.17, 15) is 0 Å². The van der Waals surface area contributed by atoms with Gasteiger partial charge in [-0.15, -0.1) is 0 Å². The van der Waals surface area contributed by atoms with E-state index in [-0.39, 0.29) is 12.6 Å². The van der Waals surface area contributed by atoms with E-state index < -0.39 is 0 Å². The monoisotopic (exact) mass is 275 g/mol. The molecule has 0 aliphatic heterocycles. The summed E-state index contributed by atoms with van der Waals surface area (Å²) < 4.78 is 10.8. The summed E-state index contributed by atoms with van der Waals surface area (Å²) in [6.07, 6.45) is 0. The van der Waals surface area contributed by atoms with E-state index in [1.165, 1.54) is 5.56 Å². The first-order valence-electron chi connectivity index (χ1n) is 6.66. The number of nitrogens with zero attached hydrogens (tertiary/aromatic N) is 1. The zero-order chi connectivity index (χ0) is 14.5. The molecule has 0 bridgehead atoms. The minimum atomic E-state index is -0.0604. The van der Waals surface area contributed by atoms with Crippen LogP contribution >= 0.6 is 0 Å². The van der Waals surface area contributed by atoms with Crippen LogP contribution in [0.1, 0.15) is 30.0 Å². The lowest BCUT2D eigenvalue weighted by molar-refractivity contribution is 0.212. The van der Waals surface area contributed by atoms with E-state index in [0.29, 0.717) is 12.3 Å². The number of rotatable bonds is 6. The number of ether oxygens (including phenoxy) is 1. The molecule has 1 unspecified atom stereocenters. The maximum absolute atomic E-state index is 9.01. The summed E-state index contributed by atoms with van der Waals surface area (Å²) in [6, 6.07) is 12.0. The van der Waals surface area contributed by atoms with E-state index in [1.807, 2.05) is 31.3 Å². The zero-order valence-corrected chi connectivity index (χ0v) is 12.2. The Morgan fingerprint density at radius 3 is 2.65 bits per heavy atom. The van der Waals surface area contributed by atoms with Crippen LogP contribution in [0.25, 0.3) is 0 Å². The Morgan fingerprint density at radius 2 is 2.00 bits per heavy atom. The normalized spacial score (nSPS) is 12.7. The highest BCUT2D eigenvalue weighted by Crippen LogP contribution is 2.24. The number of aliphatic hydroxyl groups excluding tert-OH is 1. The fourth-order valence-corrected chi connectivity index (χ4v) is 2.13. The number of furan rings is 1. The number of aliphatic hydroxyl groups is 1. The fourth-order valence-electron chi connectivity index (χ4n) is 2.13. The molecule has 2 aromatic rings. The first-order valence-corrected chi connectivity index (χ1v) is 6.66. The van der Waals surface area contributed by atoms with Gasteiger partial charge in [-0.1, -0.05) is 12.1 Å². The van der Waals surface area contributed by atoms with Crippen LogP contribution in [-0.4, -0.2) is 24.2 Å². The molecule has 1 aromatic carbocycles. The van der Waals surface area contributed by atoms with Crippen molar-refractivity contribution >= 4 is 0 Å².